The first-order valence-corrected chi connectivity index (χ1v) is 6.16. The molecule has 1 aliphatic carbocycles. The van der Waals surface area contributed by atoms with E-state index in [9.17, 15) is 0 Å². The zero-order chi connectivity index (χ0) is 10.9. The molecule has 1 fully saturated rings. The summed E-state index contributed by atoms with van der Waals surface area (Å²) < 4.78 is 10.7. The van der Waals surface area contributed by atoms with Crippen LogP contribution in [0, 0.1) is 0 Å². The normalized spacial score (nSPS) is 21.0. The summed E-state index contributed by atoms with van der Waals surface area (Å²) in [5, 5.41) is 4.01. The molecule has 1 aromatic rings. The first kappa shape index (κ1) is 11.1. The van der Waals surface area contributed by atoms with Gasteiger partial charge in [-0.1, -0.05) is 28.0 Å². The molecule has 1 saturated carbocycles. The highest BCUT2D eigenvalue weighted by Crippen LogP contribution is 2.43. The van der Waals surface area contributed by atoms with Crippen LogP contribution in [0.1, 0.15) is 49.1 Å². The van der Waals surface area contributed by atoms with Gasteiger partial charge in [0.1, 0.15) is 5.60 Å². The summed E-state index contributed by atoms with van der Waals surface area (Å²) in [5.74, 6) is 1.35. The highest BCUT2D eigenvalue weighted by molar-refractivity contribution is 9.09. The summed E-state index contributed by atoms with van der Waals surface area (Å²) in [4.78, 5) is 4.54. The lowest BCUT2D eigenvalue weighted by Crippen LogP contribution is -2.37. The van der Waals surface area contributed by atoms with Crippen LogP contribution in [-0.4, -0.2) is 17.3 Å². The standard InChI is InChI=1S/C10H15BrN2O2/c1-3-7(11)8-12-9(13-15-8)10(14-2)5-4-6-10/h7H,3-6H2,1-2H3. The molecule has 0 aliphatic heterocycles. The highest BCUT2D eigenvalue weighted by Gasteiger charge is 2.43. The van der Waals surface area contributed by atoms with Gasteiger partial charge >= 0.3 is 0 Å². The van der Waals surface area contributed by atoms with E-state index in [1.807, 2.05) is 0 Å². The minimum Gasteiger partial charge on any atom is -0.370 e. The zero-order valence-electron chi connectivity index (χ0n) is 8.99. The summed E-state index contributed by atoms with van der Waals surface area (Å²) >= 11 is 3.49. The maximum atomic E-state index is 5.49. The van der Waals surface area contributed by atoms with Crippen LogP contribution in [0.4, 0.5) is 0 Å². The molecule has 0 N–H and O–H groups in total. The third-order valence-electron chi connectivity index (χ3n) is 3.03. The van der Waals surface area contributed by atoms with Crippen molar-refractivity contribution >= 4 is 15.9 Å². The molecule has 1 aliphatic rings. The number of ether oxygens (including phenoxy) is 1. The first-order chi connectivity index (χ1) is 7.22. The molecule has 0 radical (unpaired) electrons. The van der Waals surface area contributed by atoms with Gasteiger partial charge in [-0.3, -0.25) is 0 Å². The fourth-order valence-corrected chi connectivity index (χ4v) is 1.92. The number of nitrogens with zero attached hydrogens (tertiary/aromatic N) is 2. The highest BCUT2D eigenvalue weighted by atomic mass is 79.9. The van der Waals surface area contributed by atoms with E-state index in [0.717, 1.165) is 19.3 Å². The number of halogens is 1. The van der Waals surface area contributed by atoms with Gasteiger partial charge in [-0.25, -0.2) is 0 Å². The molecule has 0 spiro atoms. The van der Waals surface area contributed by atoms with Crippen LogP contribution in [0.25, 0.3) is 0 Å². The van der Waals surface area contributed by atoms with E-state index in [1.165, 1.54) is 6.42 Å². The SMILES string of the molecule is CCC(Br)c1nc(C2(OC)CCC2)no1. The van der Waals surface area contributed by atoms with E-state index in [1.54, 1.807) is 7.11 Å². The lowest BCUT2D eigenvalue weighted by atomic mass is 9.79. The van der Waals surface area contributed by atoms with Gasteiger partial charge in [-0.15, -0.1) is 0 Å². The molecule has 0 bridgehead atoms. The summed E-state index contributed by atoms with van der Waals surface area (Å²) in [5.41, 5.74) is -0.276. The molecule has 15 heavy (non-hydrogen) atoms. The van der Waals surface area contributed by atoms with Gasteiger partial charge in [0, 0.05) is 7.11 Å². The van der Waals surface area contributed by atoms with Crippen molar-refractivity contribution in [2.75, 3.05) is 7.11 Å². The summed E-state index contributed by atoms with van der Waals surface area (Å²) in [6.45, 7) is 2.07. The summed E-state index contributed by atoms with van der Waals surface area (Å²) in [7, 11) is 1.71. The molecule has 1 unspecified atom stereocenters. The molecule has 4 nitrogen and oxygen atoms in total. The second-order valence-electron chi connectivity index (χ2n) is 3.88. The fourth-order valence-electron chi connectivity index (χ4n) is 1.74. The molecular formula is C10H15BrN2O2. The van der Waals surface area contributed by atoms with Gasteiger partial charge in [0.25, 0.3) is 0 Å². The molecule has 0 aromatic carbocycles. The van der Waals surface area contributed by atoms with Crippen molar-refractivity contribution in [3.05, 3.63) is 11.7 Å². The Morgan fingerprint density at radius 1 is 1.60 bits per heavy atom. The molecular weight excluding hydrogens is 260 g/mol. The third kappa shape index (κ3) is 1.83. The Labute approximate surface area is 97.5 Å². The Bertz CT molecular complexity index is 330. The smallest absolute Gasteiger partial charge is 0.240 e. The zero-order valence-corrected chi connectivity index (χ0v) is 10.6. The van der Waals surface area contributed by atoms with Crippen molar-refractivity contribution in [2.24, 2.45) is 0 Å². The van der Waals surface area contributed by atoms with Gasteiger partial charge in [0.2, 0.25) is 11.7 Å². The minimum atomic E-state index is -0.276. The van der Waals surface area contributed by atoms with Crippen LogP contribution in [-0.2, 0) is 10.3 Å². The Hall–Kier alpha value is -0.420. The average Bonchev–Trinajstić information content (AvgIpc) is 2.65. The van der Waals surface area contributed by atoms with Gasteiger partial charge in [-0.05, 0) is 25.7 Å². The number of hydrogen-bond donors (Lipinski definition) is 0. The predicted molar refractivity (Wildman–Crippen MR) is 58.8 cm³/mol. The average molecular weight is 275 g/mol. The van der Waals surface area contributed by atoms with Gasteiger partial charge in [0.15, 0.2) is 0 Å². The molecule has 1 atom stereocenters. The molecule has 5 heteroatoms. The number of alkyl halides is 1. The van der Waals surface area contributed by atoms with E-state index in [0.29, 0.717) is 11.7 Å². The third-order valence-corrected chi connectivity index (χ3v) is 4.07. The topological polar surface area (TPSA) is 48.2 Å². The van der Waals surface area contributed by atoms with Crippen LogP contribution >= 0.6 is 15.9 Å². The number of aromatic nitrogens is 2. The van der Waals surface area contributed by atoms with Crippen LogP contribution in [0.2, 0.25) is 0 Å². The van der Waals surface area contributed by atoms with Crippen molar-refractivity contribution in [2.45, 2.75) is 43.0 Å². The van der Waals surface area contributed by atoms with Crippen LogP contribution < -0.4 is 0 Å². The maximum Gasteiger partial charge on any atom is 0.240 e. The van der Waals surface area contributed by atoms with Crippen molar-refractivity contribution in [3.63, 3.8) is 0 Å². The second kappa shape index (κ2) is 4.22. The molecule has 84 valence electrons. The minimum absolute atomic E-state index is 0.146. The molecule has 2 rings (SSSR count). The summed E-state index contributed by atoms with van der Waals surface area (Å²) in [6.07, 6.45) is 4.08. The molecule has 1 heterocycles. The Balaban J connectivity index is 2.19. The Kier molecular flexibility index (Phi) is 3.11. The Morgan fingerprint density at radius 2 is 2.33 bits per heavy atom. The van der Waals surface area contributed by atoms with Crippen LogP contribution in [0.5, 0.6) is 0 Å². The second-order valence-corrected chi connectivity index (χ2v) is 4.99. The van der Waals surface area contributed by atoms with E-state index < -0.39 is 0 Å². The van der Waals surface area contributed by atoms with Crippen molar-refractivity contribution in [1.29, 1.82) is 0 Å². The van der Waals surface area contributed by atoms with E-state index in [-0.39, 0.29) is 10.4 Å². The predicted octanol–water partition coefficient (Wildman–Crippen LogP) is 2.94. The lowest BCUT2D eigenvalue weighted by molar-refractivity contribution is -0.0858. The van der Waals surface area contributed by atoms with Gasteiger partial charge in [0.05, 0.1) is 4.83 Å². The van der Waals surface area contributed by atoms with Crippen molar-refractivity contribution < 1.29 is 9.26 Å². The molecule has 0 saturated heterocycles. The monoisotopic (exact) mass is 274 g/mol. The number of rotatable bonds is 4. The van der Waals surface area contributed by atoms with Gasteiger partial charge in [-0.2, -0.15) is 4.98 Å². The number of hydrogen-bond acceptors (Lipinski definition) is 4. The van der Waals surface area contributed by atoms with Crippen LogP contribution in [0.3, 0.4) is 0 Å². The van der Waals surface area contributed by atoms with E-state index in [2.05, 4.69) is 33.0 Å². The maximum absolute atomic E-state index is 5.49. The Morgan fingerprint density at radius 3 is 2.80 bits per heavy atom. The fraction of sp³-hybridized carbons (Fsp3) is 0.800. The van der Waals surface area contributed by atoms with Crippen molar-refractivity contribution in [3.8, 4) is 0 Å². The quantitative estimate of drug-likeness (QED) is 0.793. The van der Waals surface area contributed by atoms with Gasteiger partial charge < -0.3 is 9.26 Å². The van der Waals surface area contributed by atoms with Crippen LogP contribution in [0.15, 0.2) is 4.52 Å². The van der Waals surface area contributed by atoms with E-state index >= 15 is 0 Å². The van der Waals surface area contributed by atoms with Crippen molar-refractivity contribution in [1.82, 2.24) is 10.1 Å². The first-order valence-electron chi connectivity index (χ1n) is 5.25. The summed E-state index contributed by atoms with van der Waals surface area (Å²) in [6, 6.07) is 0. The molecule has 0 amide bonds. The van der Waals surface area contributed by atoms with E-state index in [4.69, 9.17) is 9.26 Å². The molecule has 1 aromatic heterocycles. The lowest BCUT2D eigenvalue weighted by Gasteiger charge is -2.37. The number of methoxy groups -OCH3 is 1. The largest absolute Gasteiger partial charge is 0.370 e.